The summed E-state index contributed by atoms with van der Waals surface area (Å²) in [6, 6.07) is 13.8. The maximum Gasteiger partial charge on any atom is 0.137 e. The zero-order valence-corrected chi connectivity index (χ0v) is 12.3. The lowest BCUT2D eigenvalue weighted by Gasteiger charge is -2.10. The van der Waals surface area contributed by atoms with Gasteiger partial charge >= 0.3 is 0 Å². The number of hydrogen-bond donors (Lipinski definition) is 1. The second-order valence-electron chi connectivity index (χ2n) is 3.80. The van der Waals surface area contributed by atoms with Crippen molar-refractivity contribution in [3.63, 3.8) is 0 Å². The van der Waals surface area contributed by atoms with Gasteiger partial charge < -0.3 is 10.1 Å². The summed E-state index contributed by atoms with van der Waals surface area (Å²) in [4.78, 5) is 0. The first-order chi connectivity index (χ1) is 8.70. The highest BCUT2D eigenvalue weighted by Crippen LogP contribution is 2.26. The molecule has 94 valence electrons. The molecule has 2 rings (SSSR count). The molecule has 0 aliphatic carbocycles. The minimum Gasteiger partial charge on any atom is -0.495 e. The van der Waals surface area contributed by atoms with Gasteiger partial charge in [-0.3, -0.25) is 0 Å². The van der Waals surface area contributed by atoms with Crippen LogP contribution in [0, 0.1) is 0 Å². The number of hydrogen-bond acceptors (Lipinski definition) is 2. The monoisotopic (exact) mass is 325 g/mol. The van der Waals surface area contributed by atoms with Crippen LogP contribution in [-0.2, 0) is 6.54 Å². The number of halogens is 2. The van der Waals surface area contributed by atoms with E-state index in [1.165, 1.54) is 0 Å². The molecule has 0 atom stereocenters. The van der Waals surface area contributed by atoms with E-state index in [1.54, 1.807) is 7.11 Å². The van der Waals surface area contributed by atoms with Gasteiger partial charge in [0.2, 0.25) is 0 Å². The molecule has 0 radical (unpaired) electrons. The minimum absolute atomic E-state index is 0.629. The van der Waals surface area contributed by atoms with Gasteiger partial charge in [-0.05, 0) is 45.8 Å². The maximum atomic E-state index is 6.08. The number of methoxy groups -OCH3 is 1. The fourth-order valence-electron chi connectivity index (χ4n) is 1.62. The predicted octanol–water partition coefficient (Wildman–Crippen LogP) is 4.72. The van der Waals surface area contributed by atoms with E-state index in [0.29, 0.717) is 17.3 Å². The first-order valence-electron chi connectivity index (χ1n) is 5.51. The van der Waals surface area contributed by atoms with Gasteiger partial charge in [-0.25, -0.2) is 0 Å². The SMILES string of the molecule is COc1ccc(CNc2ccccc2Br)cc1Cl. The van der Waals surface area contributed by atoms with Crippen molar-refractivity contribution in [1.29, 1.82) is 0 Å². The molecule has 0 aliphatic rings. The molecule has 0 aliphatic heterocycles. The fraction of sp³-hybridized carbons (Fsp3) is 0.143. The number of anilines is 1. The third kappa shape index (κ3) is 3.18. The second-order valence-corrected chi connectivity index (χ2v) is 5.06. The molecular weight excluding hydrogens is 314 g/mol. The quantitative estimate of drug-likeness (QED) is 0.877. The molecule has 0 unspecified atom stereocenters. The van der Waals surface area contributed by atoms with Gasteiger partial charge in [0.15, 0.2) is 0 Å². The molecule has 2 aromatic rings. The molecule has 0 amide bonds. The standard InChI is InChI=1S/C14H13BrClNO/c1-18-14-7-6-10(8-12(14)16)9-17-13-5-3-2-4-11(13)15/h2-8,17H,9H2,1H3. The number of benzene rings is 2. The summed E-state index contributed by atoms with van der Waals surface area (Å²) in [5.74, 6) is 0.696. The average molecular weight is 327 g/mol. The lowest BCUT2D eigenvalue weighted by molar-refractivity contribution is 0.415. The van der Waals surface area contributed by atoms with Crippen molar-refractivity contribution in [3.05, 3.63) is 57.5 Å². The molecule has 18 heavy (non-hydrogen) atoms. The Labute approximate surface area is 120 Å². The summed E-state index contributed by atoms with van der Waals surface area (Å²) in [7, 11) is 1.61. The minimum atomic E-state index is 0.629. The highest BCUT2D eigenvalue weighted by molar-refractivity contribution is 9.10. The van der Waals surface area contributed by atoms with Gasteiger partial charge in [-0.15, -0.1) is 0 Å². The van der Waals surface area contributed by atoms with E-state index < -0.39 is 0 Å². The van der Waals surface area contributed by atoms with Crippen LogP contribution in [0.1, 0.15) is 5.56 Å². The zero-order valence-electron chi connectivity index (χ0n) is 9.91. The van der Waals surface area contributed by atoms with Crippen molar-refractivity contribution in [2.45, 2.75) is 6.54 Å². The van der Waals surface area contributed by atoms with E-state index >= 15 is 0 Å². The van der Waals surface area contributed by atoms with Gasteiger partial charge in [-0.1, -0.05) is 29.8 Å². The summed E-state index contributed by atoms with van der Waals surface area (Å²) in [6.45, 7) is 0.715. The van der Waals surface area contributed by atoms with Crippen LogP contribution in [0.4, 0.5) is 5.69 Å². The Bertz CT molecular complexity index is 545. The summed E-state index contributed by atoms with van der Waals surface area (Å²) < 4.78 is 6.17. The number of para-hydroxylation sites is 1. The topological polar surface area (TPSA) is 21.3 Å². The van der Waals surface area contributed by atoms with E-state index in [2.05, 4.69) is 21.2 Å². The van der Waals surface area contributed by atoms with Gasteiger partial charge in [-0.2, -0.15) is 0 Å². The molecule has 2 aromatic carbocycles. The highest BCUT2D eigenvalue weighted by Gasteiger charge is 2.02. The molecule has 0 heterocycles. The molecule has 2 nitrogen and oxygen atoms in total. The molecule has 0 saturated heterocycles. The van der Waals surface area contributed by atoms with Crippen molar-refractivity contribution in [2.75, 3.05) is 12.4 Å². The molecule has 0 bridgehead atoms. The number of ether oxygens (including phenoxy) is 1. The zero-order chi connectivity index (χ0) is 13.0. The molecule has 1 N–H and O–H groups in total. The van der Waals surface area contributed by atoms with Crippen LogP contribution in [0.15, 0.2) is 46.9 Å². The molecular formula is C14H13BrClNO. The predicted molar refractivity (Wildman–Crippen MR) is 79.5 cm³/mol. The summed E-state index contributed by atoms with van der Waals surface area (Å²) >= 11 is 9.58. The second kappa shape index (κ2) is 6.12. The van der Waals surface area contributed by atoms with Gasteiger partial charge in [0.05, 0.1) is 12.1 Å². The molecule has 0 saturated carbocycles. The van der Waals surface area contributed by atoms with Crippen LogP contribution >= 0.6 is 27.5 Å². The van der Waals surface area contributed by atoms with Crippen molar-refractivity contribution in [1.82, 2.24) is 0 Å². The number of rotatable bonds is 4. The van der Waals surface area contributed by atoms with Crippen molar-refractivity contribution >= 4 is 33.2 Å². The Hall–Kier alpha value is -1.19. The molecule has 4 heteroatoms. The van der Waals surface area contributed by atoms with Gasteiger partial charge in [0.1, 0.15) is 5.75 Å². The molecule has 0 spiro atoms. The van der Waals surface area contributed by atoms with E-state index in [4.69, 9.17) is 16.3 Å². The third-order valence-electron chi connectivity index (χ3n) is 2.57. The van der Waals surface area contributed by atoms with E-state index in [1.807, 2.05) is 42.5 Å². The van der Waals surface area contributed by atoms with Gasteiger partial charge in [0.25, 0.3) is 0 Å². The molecule has 0 fully saturated rings. The van der Waals surface area contributed by atoms with E-state index in [0.717, 1.165) is 15.7 Å². The smallest absolute Gasteiger partial charge is 0.137 e. The Balaban J connectivity index is 2.07. The average Bonchev–Trinajstić information content (AvgIpc) is 2.38. The Morgan fingerprint density at radius 2 is 2.00 bits per heavy atom. The fourth-order valence-corrected chi connectivity index (χ4v) is 2.33. The third-order valence-corrected chi connectivity index (χ3v) is 3.56. The van der Waals surface area contributed by atoms with Crippen molar-refractivity contribution in [2.24, 2.45) is 0 Å². The maximum absolute atomic E-state index is 6.08. The first-order valence-corrected chi connectivity index (χ1v) is 6.68. The van der Waals surface area contributed by atoms with Crippen LogP contribution < -0.4 is 10.1 Å². The highest BCUT2D eigenvalue weighted by atomic mass is 79.9. The largest absolute Gasteiger partial charge is 0.495 e. The summed E-state index contributed by atoms with van der Waals surface area (Å²) in [5.41, 5.74) is 2.17. The van der Waals surface area contributed by atoms with Crippen LogP contribution in [0.25, 0.3) is 0 Å². The van der Waals surface area contributed by atoms with Crippen molar-refractivity contribution < 1.29 is 4.74 Å². The van der Waals surface area contributed by atoms with E-state index in [9.17, 15) is 0 Å². The normalized spacial score (nSPS) is 10.2. The van der Waals surface area contributed by atoms with Crippen molar-refractivity contribution in [3.8, 4) is 5.75 Å². The Morgan fingerprint density at radius 1 is 1.22 bits per heavy atom. The Morgan fingerprint density at radius 3 is 2.67 bits per heavy atom. The van der Waals surface area contributed by atoms with Crippen LogP contribution in [0.5, 0.6) is 5.75 Å². The lowest BCUT2D eigenvalue weighted by atomic mass is 10.2. The number of nitrogens with one attached hydrogen (secondary N) is 1. The molecule has 0 aromatic heterocycles. The summed E-state index contributed by atoms with van der Waals surface area (Å²) in [5, 5.41) is 3.98. The van der Waals surface area contributed by atoms with Crippen LogP contribution in [-0.4, -0.2) is 7.11 Å². The van der Waals surface area contributed by atoms with Crippen LogP contribution in [0.3, 0.4) is 0 Å². The van der Waals surface area contributed by atoms with Gasteiger partial charge in [0, 0.05) is 16.7 Å². The summed E-state index contributed by atoms with van der Waals surface area (Å²) in [6.07, 6.45) is 0. The Kier molecular flexibility index (Phi) is 4.50. The first kappa shape index (κ1) is 13.2. The lowest BCUT2D eigenvalue weighted by Crippen LogP contribution is -2.00. The van der Waals surface area contributed by atoms with E-state index in [-0.39, 0.29) is 0 Å². The van der Waals surface area contributed by atoms with Crippen LogP contribution in [0.2, 0.25) is 5.02 Å².